The highest BCUT2D eigenvalue weighted by molar-refractivity contribution is 6.41. The van der Waals surface area contributed by atoms with Crippen molar-refractivity contribution in [1.82, 2.24) is 5.32 Å². The third kappa shape index (κ3) is 4.14. The maximum absolute atomic E-state index is 6.30. The molecule has 0 aliphatic rings. The van der Waals surface area contributed by atoms with E-state index in [-0.39, 0.29) is 6.04 Å². The molecular formula is C17H18Cl3N. The highest BCUT2D eigenvalue weighted by atomic mass is 35.5. The Morgan fingerprint density at radius 1 is 1.05 bits per heavy atom. The van der Waals surface area contributed by atoms with Crippen molar-refractivity contribution in [1.29, 1.82) is 0 Å². The molecule has 1 nitrogen and oxygen atoms in total. The van der Waals surface area contributed by atoms with Crippen molar-refractivity contribution in [3.8, 4) is 11.1 Å². The van der Waals surface area contributed by atoms with Crippen LogP contribution in [0, 0.1) is 0 Å². The second-order valence-electron chi connectivity index (χ2n) is 5.05. The van der Waals surface area contributed by atoms with Crippen LogP contribution in [0.25, 0.3) is 11.1 Å². The molecule has 1 unspecified atom stereocenters. The van der Waals surface area contributed by atoms with Crippen LogP contribution in [0.3, 0.4) is 0 Å². The first-order chi connectivity index (χ1) is 10.0. The van der Waals surface area contributed by atoms with E-state index in [4.69, 9.17) is 34.8 Å². The highest BCUT2D eigenvalue weighted by Gasteiger charge is 2.12. The number of nitrogens with one attached hydrogen (secondary N) is 1. The van der Waals surface area contributed by atoms with E-state index in [9.17, 15) is 0 Å². The molecule has 4 heteroatoms. The lowest BCUT2D eigenvalue weighted by molar-refractivity contribution is 0.571. The molecule has 2 aromatic rings. The van der Waals surface area contributed by atoms with E-state index < -0.39 is 0 Å². The summed E-state index contributed by atoms with van der Waals surface area (Å²) in [6, 6.07) is 12.0. The molecule has 0 spiro atoms. The molecule has 2 rings (SSSR count). The third-order valence-corrected chi connectivity index (χ3v) is 4.20. The van der Waals surface area contributed by atoms with Crippen LogP contribution in [0.5, 0.6) is 0 Å². The summed E-state index contributed by atoms with van der Waals surface area (Å²) in [5.74, 6) is 0. The van der Waals surface area contributed by atoms with Gasteiger partial charge < -0.3 is 5.32 Å². The molecule has 0 saturated heterocycles. The van der Waals surface area contributed by atoms with Crippen LogP contribution in [0.1, 0.15) is 31.9 Å². The molecule has 2 aromatic carbocycles. The van der Waals surface area contributed by atoms with Gasteiger partial charge in [0.15, 0.2) is 0 Å². The number of hydrogen-bond acceptors (Lipinski definition) is 1. The van der Waals surface area contributed by atoms with E-state index in [1.165, 1.54) is 5.56 Å². The third-order valence-electron chi connectivity index (χ3n) is 3.38. The van der Waals surface area contributed by atoms with Gasteiger partial charge in [-0.25, -0.2) is 0 Å². The lowest BCUT2D eigenvalue weighted by atomic mass is 10.00. The maximum Gasteiger partial charge on any atom is 0.0514 e. The van der Waals surface area contributed by atoms with Crippen LogP contribution in [0.4, 0.5) is 0 Å². The van der Waals surface area contributed by atoms with Gasteiger partial charge in [-0.3, -0.25) is 0 Å². The molecule has 0 saturated carbocycles. The summed E-state index contributed by atoms with van der Waals surface area (Å²) in [5, 5.41) is 5.16. The first-order valence-electron chi connectivity index (χ1n) is 7.01. The lowest BCUT2D eigenvalue weighted by Crippen LogP contribution is -2.19. The van der Waals surface area contributed by atoms with E-state index in [2.05, 4.69) is 31.3 Å². The Hall–Kier alpha value is -0.730. The zero-order chi connectivity index (χ0) is 15.4. The number of rotatable bonds is 5. The van der Waals surface area contributed by atoms with Gasteiger partial charge in [-0.15, -0.1) is 0 Å². The SMILES string of the molecule is CCCNC(C)c1cccc(-c2c(Cl)cc(Cl)cc2Cl)c1. The zero-order valence-corrected chi connectivity index (χ0v) is 14.4. The van der Waals surface area contributed by atoms with Crippen LogP contribution in [-0.4, -0.2) is 6.54 Å². The number of benzene rings is 2. The average Bonchev–Trinajstić information content (AvgIpc) is 2.44. The van der Waals surface area contributed by atoms with Gasteiger partial charge in [0.05, 0.1) is 10.0 Å². The van der Waals surface area contributed by atoms with Crippen molar-refractivity contribution in [2.45, 2.75) is 26.3 Å². The fraction of sp³-hybridized carbons (Fsp3) is 0.294. The topological polar surface area (TPSA) is 12.0 Å². The largest absolute Gasteiger partial charge is 0.310 e. The Balaban J connectivity index is 2.38. The first kappa shape index (κ1) is 16.6. The van der Waals surface area contributed by atoms with Gasteiger partial charge in [-0.1, -0.05) is 59.9 Å². The minimum absolute atomic E-state index is 0.287. The van der Waals surface area contributed by atoms with Gasteiger partial charge in [-0.05, 0) is 49.2 Å². The summed E-state index contributed by atoms with van der Waals surface area (Å²) >= 11 is 18.6. The van der Waals surface area contributed by atoms with Crippen molar-refractivity contribution < 1.29 is 0 Å². The maximum atomic E-state index is 6.30. The fourth-order valence-corrected chi connectivity index (χ4v) is 3.30. The molecule has 21 heavy (non-hydrogen) atoms. The van der Waals surface area contributed by atoms with Crippen LogP contribution < -0.4 is 5.32 Å². The molecule has 1 atom stereocenters. The van der Waals surface area contributed by atoms with Crippen LogP contribution >= 0.6 is 34.8 Å². The second kappa shape index (κ2) is 7.51. The smallest absolute Gasteiger partial charge is 0.0514 e. The zero-order valence-electron chi connectivity index (χ0n) is 12.1. The molecule has 0 radical (unpaired) electrons. The molecule has 0 aliphatic heterocycles. The summed E-state index contributed by atoms with van der Waals surface area (Å²) in [7, 11) is 0. The van der Waals surface area contributed by atoms with Gasteiger partial charge in [0.2, 0.25) is 0 Å². The molecular weight excluding hydrogens is 325 g/mol. The monoisotopic (exact) mass is 341 g/mol. The average molecular weight is 343 g/mol. The predicted molar refractivity (Wildman–Crippen MR) is 93.6 cm³/mol. The Labute approximate surface area is 141 Å². The molecule has 1 N–H and O–H groups in total. The first-order valence-corrected chi connectivity index (χ1v) is 8.14. The van der Waals surface area contributed by atoms with Gasteiger partial charge in [0, 0.05) is 16.6 Å². The molecule has 0 heterocycles. The van der Waals surface area contributed by atoms with Gasteiger partial charge in [0.1, 0.15) is 0 Å². The van der Waals surface area contributed by atoms with Crippen molar-refractivity contribution in [2.24, 2.45) is 0 Å². The molecule has 0 aliphatic carbocycles. The predicted octanol–water partition coefficient (Wildman–Crippen LogP) is 6.37. The Morgan fingerprint density at radius 2 is 1.71 bits per heavy atom. The van der Waals surface area contributed by atoms with Gasteiger partial charge in [0.25, 0.3) is 0 Å². The summed E-state index contributed by atoms with van der Waals surface area (Å²) in [4.78, 5) is 0. The van der Waals surface area contributed by atoms with Crippen molar-refractivity contribution in [3.63, 3.8) is 0 Å². The van der Waals surface area contributed by atoms with E-state index in [1.54, 1.807) is 12.1 Å². The van der Waals surface area contributed by atoms with Crippen LogP contribution in [0.2, 0.25) is 15.1 Å². The second-order valence-corrected chi connectivity index (χ2v) is 6.30. The van der Waals surface area contributed by atoms with Crippen LogP contribution in [0.15, 0.2) is 36.4 Å². The van der Waals surface area contributed by atoms with Gasteiger partial charge in [-0.2, -0.15) is 0 Å². The molecule has 0 aromatic heterocycles. The Morgan fingerprint density at radius 3 is 2.33 bits per heavy atom. The molecule has 0 bridgehead atoms. The number of hydrogen-bond donors (Lipinski definition) is 1. The van der Waals surface area contributed by atoms with E-state index in [0.717, 1.165) is 24.1 Å². The van der Waals surface area contributed by atoms with Crippen molar-refractivity contribution >= 4 is 34.8 Å². The van der Waals surface area contributed by atoms with Crippen molar-refractivity contribution in [2.75, 3.05) is 6.54 Å². The highest BCUT2D eigenvalue weighted by Crippen LogP contribution is 2.37. The molecule has 112 valence electrons. The lowest BCUT2D eigenvalue weighted by Gasteiger charge is -2.16. The normalized spacial score (nSPS) is 12.4. The summed E-state index contributed by atoms with van der Waals surface area (Å²) in [6.07, 6.45) is 1.11. The summed E-state index contributed by atoms with van der Waals surface area (Å²) < 4.78 is 0. The number of halogens is 3. The summed E-state index contributed by atoms with van der Waals surface area (Å²) in [6.45, 7) is 5.30. The van der Waals surface area contributed by atoms with E-state index in [1.807, 2.05) is 12.1 Å². The van der Waals surface area contributed by atoms with Crippen LogP contribution in [-0.2, 0) is 0 Å². The standard InChI is InChI=1S/C17H18Cl3N/c1-3-7-21-11(2)12-5-4-6-13(8-12)17-15(19)9-14(18)10-16(17)20/h4-6,8-11,21H,3,7H2,1-2H3. The Bertz CT molecular complexity index is 602. The Kier molecular flexibility index (Phi) is 5.95. The molecule has 0 fully saturated rings. The fourth-order valence-electron chi connectivity index (χ4n) is 2.26. The van der Waals surface area contributed by atoms with E-state index in [0.29, 0.717) is 15.1 Å². The van der Waals surface area contributed by atoms with E-state index >= 15 is 0 Å². The minimum atomic E-state index is 0.287. The van der Waals surface area contributed by atoms with Crippen molar-refractivity contribution in [3.05, 3.63) is 57.0 Å². The quantitative estimate of drug-likeness (QED) is 0.665. The minimum Gasteiger partial charge on any atom is -0.310 e. The van der Waals surface area contributed by atoms with Gasteiger partial charge >= 0.3 is 0 Å². The molecule has 0 amide bonds. The summed E-state index contributed by atoms with van der Waals surface area (Å²) in [5.41, 5.74) is 3.04.